The maximum absolute atomic E-state index is 14.3. The summed E-state index contributed by atoms with van der Waals surface area (Å²) >= 11 is 0. The quantitative estimate of drug-likeness (QED) is 0.491. The molecule has 5 aliphatic rings. The zero-order valence-corrected chi connectivity index (χ0v) is 23.6. The second-order valence-electron chi connectivity index (χ2n) is 15.0. The van der Waals surface area contributed by atoms with E-state index in [0.717, 1.165) is 51.4 Å². The van der Waals surface area contributed by atoms with Crippen molar-refractivity contribution in [3.8, 4) is 0 Å². The molecule has 0 radical (unpaired) electrons. The SMILES string of the molecule is COC(=O)[C@@]1(C)CC[C@]2(C)CC[C@]3(C)C(=CC(=O)[C@@H]4[C@@]5(C)CC[C@H](O)[C@](C)(CO)[C@@H]5CC[C@]43C)[C@@H]2C1. The molecule has 0 unspecified atom stereocenters. The summed E-state index contributed by atoms with van der Waals surface area (Å²) in [7, 11) is 1.49. The van der Waals surface area contributed by atoms with Crippen molar-refractivity contribution in [3.05, 3.63) is 11.6 Å². The largest absolute Gasteiger partial charge is 0.469 e. The Balaban J connectivity index is 1.61. The van der Waals surface area contributed by atoms with Gasteiger partial charge in [-0.2, -0.15) is 0 Å². The molecule has 0 aliphatic heterocycles. The number of aliphatic hydroxyl groups excluding tert-OH is 2. The fraction of sp³-hybridized carbons (Fsp3) is 0.871. The first kappa shape index (κ1) is 26.4. The Labute approximate surface area is 217 Å². The molecule has 0 heterocycles. The molecule has 5 nitrogen and oxygen atoms in total. The van der Waals surface area contributed by atoms with Crippen molar-refractivity contribution in [1.29, 1.82) is 0 Å². The Kier molecular flexibility index (Phi) is 5.80. The third-order valence-corrected chi connectivity index (χ3v) is 13.4. The van der Waals surface area contributed by atoms with Crippen molar-refractivity contribution in [2.45, 2.75) is 105 Å². The number of ether oxygens (including phenoxy) is 1. The molecule has 4 fully saturated rings. The van der Waals surface area contributed by atoms with Crippen molar-refractivity contribution >= 4 is 11.8 Å². The molecule has 0 saturated heterocycles. The summed E-state index contributed by atoms with van der Waals surface area (Å²) in [6.07, 6.45) is 9.56. The first-order chi connectivity index (χ1) is 16.7. The molecular weight excluding hydrogens is 452 g/mol. The van der Waals surface area contributed by atoms with Crippen LogP contribution in [0.1, 0.15) is 99.3 Å². The molecule has 202 valence electrons. The summed E-state index contributed by atoms with van der Waals surface area (Å²) in [6, 6.07) is 0. The number of carbonyl (C=O) groups excluding carboxylic acids is 2. The van der Waals surface area contributed by atoms with Gasteiger partial charge in [0.1, 0.15) is 0 Å². The van der Waals surface area contributed by atoms with Gasteiger partial charge in [0.25, 0.3) is 0 Å². The minimum absolute atomic E-state index is 0.0447. The van der Waals surface area contributed by atoms with E-state index in [0.29, 0.717) is 6.42 Å². The number of aliphatic hydroxyl groups is 2. The van der Waals surface area contributed by atoms with Gasteiger partial charge in [-0.25, -0.2) is 0 Å². The summed E-state index contributed by atoms with van der Waals surface area (Å²) in [4.78, 5) is 27.1. The average Bonchev–Trinajstić information content (AvgIpc) is 2.83. The van der Waals surface area contributed by atoms with Gasteiger partial charge in [-0.3, -0.25) is 9.59 Å². The molecule has 0 bridgehead atoms. The van der Waals surface area contributed by atoms with Crippen molar-refractivity contribution in [1.82, 2.24) is 0 Å². The van der Waals surface area contributed by atoms with Crippen LogP contribution in [0.4, 0.5) is 0 Å². The number of fused-ring (bicyclic) bond motifs is 7. The van der Waals surface area contributed by atoms with Gasteiger partial charge in [0.2, 0.25) is 0 Å². The van der Waals surface area contributed by atoms with Crippen molar-refractivity contribution in [2.24, 2.45) is 50.2 Å². The maximum atomic E-state index is 14.3. The molecular formula is C31H48O5. The lowest BCUT2D eigenvalue weighted by Gasteiger charge is -2.70. The predicted molar refractivity (Wildman–Crippen MR) is 139 cm³/mol. The topological polar surface area (TPSA) is 83.8 Å². The fourth-order valence-electron chi connectivity index (χ4n) is 10.6. The Morgan fingerprint density at radius 2 is 1.67 bits per heavy atom. The summed E-state index contributed by atoms with van der Waals surface area (Å²) < 4.78 is 5.24. The van der Waals surface area contributed by atoms with Crippen LogP contribution in [-0.4, -0.2) is 41.8 Å². The van der Waals surface area contributed by atoms with E-state index in [9.17, 15) is 19.8 Å². The van der Waals surface area contributed by atoms with Crippen LogP contribution < -0.4 is 0 Å². The van der Waals surface area contributed by atoms with Gasteiger partial charge in [-0.15, -0.1) is 0 Å². The summed E-state index contributed by atoms with van der Waals surface area (Å²) in [6.45, 7) is 13.5. The maximum Gasteiger partial charge on any atom is 0.311 e. The molecule has 0 aromatic heterocycles. The second kappa shape index (κ2) is 7.91. The van der Waals surface area contributed by atoms with Crippen LogP contribution >= 0.6 is 0 Å². The summed E-state index contributed by atoms with van der Waals surface area (Å²) in [5.74, 6) is 0.322. The normalized spacial score (nSPS) is 54.4. The first-order valence-electron chi connectivity index (χ1n) is 14.3. The minimum Gasteiger partial charge on any atom is -0.469 e. The van der Waals surface area contributed by atoms with Gasteiger partial charge in [0.05, 0.1) is 25.2 Å². The number of carbonyl (C=O) groups is 2. The highest BCUT2D eigenvalue weighted by Gasteiger charge is 2.70. The van der Waals surface area contributed by atoms with E-state index in [-0.39, 0.29) is 57.8 Å². The van der Waals surface area contributed by atoms with E-state index >= 15 is 0 Å². The fourth-order valence-corrected chi connectivity index (χ4v) is 10.6. The highest BCUT2D eigenvalue weighted by atomic mass is 16.5. The van der Waals surface area contributed by atoms with E-state index in [1.54, 1.807) is 0 Å². The van der Waals surface area contributed by atoms with E-state index in [2.05, 4.69) is 34.6 Å². The van der Waals surface area contributed by atoms with Gasteiger partial charge in [-0.05, 0) is 104 Å². The Morgan fingerprint density at radius 3 is 2.31 bits per heavy atom. The van der Waals surface area contributed by atoms with Gasteiger partial charge in [-0.1, -0.05) is 40.2 Å². The molecule has 0 spiro atoms. The molecule has 5 rings (SSSR count). The predicted octanol–water partition coefficient (Wildman–Crippen LogP) is 5.47. The molecule has 4 saturated carbocycles. The van der Waals surface area contributed by atoms with Crippen molar-refractivity contribution < 1.29 is 24.5 Å². The number of hydrogen-bond acceptors (Lipinski definition) is 5. The standard InChI is InChI=1S/C31H48O5/c1-26-12-13-27(2,25(35)36-7)17-20(26)19-16-21(33)24-28(3)10-9-23(34)29(4,18-32)22(28)8-11-31(24,6)30(19,5)15-14-26/h16,20,22-24,32,34H,8-15,17-18H2,1-7H3/t20-,22+,23-,24+,26+,27-,28-,29+,30+,31+/m0/s1. The van der Waals surface area contributed by atoms with Crippen LogP contribution in [0.2, 0.25) is 0 Å². The lowest BCUT2D eigenvalue weighted by atomic mass is 9.33. The summed E-state index contributed by atoms with van der Waals surface area (Å²) in [5.41, 5.74) is -0.227. The lowest BCUT2D eigenvalue weighted by molar-refractivity contribution is -0.212. The first-order valence-corrected chi connectivity index (χ1v) is 14.3. The van der Waals surface area contributed by atoms with Crippen molar-refractivity contribution in [2.75, 3.05) is 13.7 Å². The van der Waals surface area contributed by atoms with Crippen LogP contribution in [0.15, 0.2) is 11.6 Å². The molecule has 36 heavy (non-hydrogen) atoms. The van der Waals surface area contributed by atoms with Crippen LogP contribution in [0.5, 0.6) is 0 Å². The number of ketones is 1. The monoisotopic (exact) mass is 500 g/mol. The Morgan fingerprint density at radius 1 is 1.00 bits per heavy atom. The van der Waals surface area contributed by atoms with Crippen LogP contribution in [0.3, 0.4) is 0 Å². The third kappa shape index (κ3) is 3.08. The van der Waals surface area contributed by atoms with Crippen LogP contribution in [0, 0.1) is 50.2 Å². The second-order valence-corrected chi connectivity index (χ2v) is 15.0. The molecule has 10 atom stereocenters. The van der Waals surface area contributed by atoms with E-state index < -0.39 is 16.9 Å². The number of allylic oxidation sites excluding steroid dienone is 2. The lowest BCUT2D eigenvalue weighted by Crippen LogP contribution is -2.67. The molecule has 0 amide bonds. The van der Waals surface area contributed by atoms with Gasteiger partial charge >= 0.3 is 5.97 Å². The highest BCUT2D eigenvalue weighted by Crippen LogP contribution is 2.75. The third-order valence-electron chi connectivity index (χ3n) is 13.4. The van der Waals surface area contributed by atoms with Gasteiger partial charge in [0.15, 0.2) is 5.78 Å². The minimum atomic E-state index is -0.573. The number of rotatable bonds is 2. The molecule has 0 aromatic carbocycles. The highest BCUT2D eigenvalue weighted by molar-refractivity contribution is 5.95. The average molecular weight is 501 g/mol. The molecule has 0 aromatic rings. The number of hydrogen-bond donors (Lipinski definition) is 2. The van der Waals surface area contributed by atoms with Gasteiger partial charge < -0.3 is 14.9 Å². The Bertz CT molecular complexity index is 1000. The van der Waals surface area contributed by atoms with E-state index in [1.807, 2.05) is 13.0 Å². The number of methoxy groups -OCH3 is 1. The molecule has 2 N–H and O–H groups in total. The Hall–Kier alpha value is -1.20. The van der Waals surface area contributed by atoms with E-state index in [1.165, 1.54) is 12.7 Å². The molecule has 5 aliphatic carbocycles. The van der Waals surface area contributed by atoms with Gasteiger partial charge in [0, 0.05) is 11.3 Å². The zero-order valence-electron chi connectivity index (χ0n) is 23.6. The van der Waals surface area contributed by atoms with Crippen molar-refractivity contribution in [3.63, 3.8) is 0 Å². The number of esters is 1. The zero-order chi connectivity index (χ0) is 26.5. The van der Waals surface area contributed by atoms with Crippen LogP contribution in [0.25, 0.3) is 0 Å². The smallest absolute Gasteiger partial charge is 0.311 e. The summed E-state index contributed by atoms with van der Waals surface area (Å²) in [5, 5.41) is 21.3. The van der Waals surface area contributed by atoms with E-state index in [4.69, 9.17) is 4.74 Å². The molecule has 5 heteroatoms. The van der Waals surface area contributed by atoms with Crippen LogP contribution in [-0.2, 0) is 14.3 Å².